The number of carbonyl (C=O) groups is 3. The third-order valence-electron chi connectivity index (χ3n) is 3.30. The van der Waals surface area contributed by atoms with Gasteiger partial charge in [0.25, 0.3) is 0 Å². The average Bonchev–Trinajstić information content (AvgIpc) is 2.81. The molecule has 1 fully saturated rings. The van der Waals surface area contributed by atoms with E-state index in [1.54, 1.807) is 11.8 Å². The number of nitrogens with one attached hydrogen (secondary N) is 2. The summed E-state index contributed by atoms with van der Waals surface area (Å²) in [5.74, 6) is -2.31. The van der Waals surface area contributed by atoms with Gasteiger partial charge in [0, 0.05) is 17.7 Å². The summed E-state index contributed by atoms with van der Waals surface area (Å²) in [6.07, 6.45) is 4.39. The maximum atomic E-state index is 11.7. The Kier molecular flexibility index (Phi) is 6.63. The largest absolute Gasteiger partial charge is 0.481 e. The van der Waals surface area contributed by atoms with Crippen LogP contribution in [0.3, 0.4) is 0 Å². The normalized spacial score (nSPS) is 23.1. The minimum atomic E-state index is -1.23. The van der Waals surface area contributed by atoms with Gasteiger partial charge in [-0.3, -0.25) is 4.79 Å². The number of carboxylic acid groups (broad SMARTS) is 2. The van der Waals surface area contributed by atoms with Crippen LogP contribution in [0, 0.1) is 0 Å². The van der Waals surface area contributed by atoms with Crippen molar-refractivity contribution in [1.29, 1.82) is 0 Å². The first-order valence-electron chi connectivity index (χ1n) is 6.46. The molecule has 0 saturated heterocycles. The van der Waals surface area contributed by atoms with Gasteiger partial charge in [-0.25, -0.2) is 9.59 Å². The molecule has 20 heavy (non-hydrogen) atoms. The Bertz CT molecular complexity index is 377. The molecule has 0 bridgehead atoms. The summed E-state index contributed by atoms with van der Waals surface area (Å²) in [5.41, 5.74) is 0. The van der Waals surface area contributed by atoms with E-state index < -0.39 is 24.0 Å². The third kappa shape index (κ3) is 5.68. The van der Waals surface area contributed by atoms with E-state index in [-0.39, 0.29) is 18.9 Å². The number of aliphatic carboxylic acids is 2. The fourth-order valence-corrected chi connectivity index (χ4v) is 2.99. The lowest BCUT2D eigenvalue weighted by Crippen LogP contribution is -2.48. The van der Waals surface area contributed by atoms with Gasteiger partial charge in [0.05, 0.1) is 0 Å². The first kappa shape index (κ1) is 16.6. The number of rotatable bonds is 7. The molecule has 1 saturated carbocycles. The number of urea groups is 1. The van der Waals surface area contributed by atoms with Crippen LogP contribution in [0.1, 0.15) is 32.1 Å². The van der Waals surface area contributed by atoms with E-state index in [4.69, 9.17) is 10.2 Å². The van der Waals surface area contributed by atoms with Gasteiger partial charge < -0.3 is 20.8 Å². The second kappa shape index (κ2) is 7.98. The predicted octanol–water partition coefficient (Wildman–Crippen LogP) is 0.888. The molecule has 0 radical (unpaired) electrons. The number of carbonyl (C=O) groups excluding carboxylic acids is 1. The quantitative estimate of drug-likeness (QED) is 0.555. The Labute approximate surface area is 121 Å². The highest BCUT2D eigenvalue weighted by Crippen LogP contribution is 2.27. The Morgan fingerprint density at radius 2 is 2.00 bits per heavy atom. The van der Waals surface area contributed by atoms with Crippen molar-refractivity contribution < 1.29 is 24.6 Å². The topological polar surface area (TPSA) is 116 Å². The lowest BCUT2D eigenvalue weighted by Gasteiger charge is -2.17. The number of thioether (sulfide) groups is 1. The lowest BCUT2D eigenvalue weighted by atomic mass is 10.1. The fourth-order valence-electron chi connectivity index (χ4n) is 2.20. The van der Waals surface area contributed by atoms with Gasteiger partial charge >= 0.3 is 18.0 Å². The maximum Gasteiger partial charge on any atom is 0.326 e. The molecule has 4 N–H and O–H groups in total. The van der Waals surface area contributed by atoms with Crippen LogP contribution >= 0.6 is 11.8 Å². The van der Waals surface area contributed by atoms with E-state index in [1.807, 2.05) is 6.26 Å². The second-order valence-corrected chi connectivity index (χ2v) is 5.95. The van der Waals surface area contributed by atoms with Gasteiger partial charge in [0.1, 0.15) is 6.04 Å². The zero-order valence-corrected chi connectivity index (χ0v) is 12.1. The number of carboxylic acids is 2. The highest BCUT2D eigenvalue weighted by atomic mass is 32.2. The van der Waals surface area contributed by atoms with Crippen molar-refractivity contribution in [1.82, 2.24) is 10.6 Å². The molecular formula is C12H20N2O5S. The molecular weight excluding hydrogens is 284 g/mol. The summed E-state index contributed by atoms with van der Waals surface area (Å²) >= 11 is 1.76. The van der Waals surface area contributed by atoms with Crippen molar-refractivity contribution >= 4 is 29.7 Å². The van der Waals surface area contributed by atoms with Gasteiger partial charge in [0.15, 0.2) is 0 Å². The Morgan fingerprint density at radius 3 is 2.50 bits per heavy atom. The van der Waals surface area contributed by atoms with E-state index >= 15 is 0 Å². The van der Waals surface area contributed by atoms with E-state index in [0.717, 1.165) is 19.3 Å². The first-order valence-corrected chi connectivity index (χ1v) is 7.75. The minimum Gasteiger partial charge on any atom is -0.481 e. The second-order valence-electron chi connectivity index (χ2n) is 4.81. The SMILES string of the molecule is CSC1CCC(NC(=O)N[C@@H](CCC(=O)O)C(=O)O)C1. The molecule has 1 rings (SSSR count). The van der Waals surface area contributed by atoms with Gasteiger partial charge in [-0.2, -0.15) is 11.8 Å². The number of hydrogen-bond donors (Lipinski definition) is 4. The molecule has 0 aromatic carbocycles. The van der Waals surface area contributed by atoms with Crippen LogP contribution in [0.2, 0.25) is 0 Å². The third-order valence-corrected chi connectivity index (χ3v) is 4.40. The van der Waals surface area contributed by atoms with E-state index in [1.165, 1.54) is 0 Å². The van der Waals surface area contributed by atoms with Gasteiger partial charge in [-0.15, -0.1) is 0 Å². The molecule has 8 heteroatoms. The molecule has 0 heterocycles. The highest BCUT2D eigenvalue weighted by molar-refractivity contribution is 7.99. The van der Waals surface area contributed by atoms with Crippen molar-refractivity contribution in [2.45, 2.75) is 49.4 Å². The van der Waals surface area contributed by atoms with Crippen LogP contribution in [-0.4, -0.2) is 51.8 Å². The van der Waals surface area contributed by atoms with Crippen LogP contribution in [0.5, 0.6) is 0 Å². The summed E-state index contributed by atoms with van der Waals surface area (Å²) in [7, 11) is 0. The molecule has 0 aliphatic heterocycles. The summed E-state index contributed by atoms with van der Waals surface area (Å²) in [6.45, 7) is 0. The zero-order chi connectivity index (χ0) is 15.1. The average molecular weight is 304 g/mol. The first-order chi connectivity index (χ1) is 9.42. The van der Waals surface area contributed by atoms with E-state index in [9.17, 15) is 14.4 Å². The molecule has 3 atom stereocenters. The smallest absolute Gasteiger partial charge is 0.326 e. The summed E-state index contributed by atoms with van der Waals surface area (Å²) in [5, 5.41) is 23.1. The van der Waals surface area contributed by atoms with Crippen molar-refractivity contribution in [2.24, 2.45) is 0 Å². The van der Waals surface area contributed by atoms with Crippen molar-refractivity contribution in [3.63, 3.8) is 0 Å². The summed E-state index contributed by atoms with van der Waals surface area (Å²) in [6, 6.07) is -1.67. The van der Waals surface area contributed by atoms with Crippen molar-refractivity contribution in [3.8, 4) is 0 Å². The Morgan fingerprint density at radius 1 is 1.30 bits per heavy atom. The van der Waals surface area contributed by atoms with Crippen LogP contribution in [-0.2, 0) is 9.59 Å². The molecule has 0 aromatic heterocycles. The molecule has 7 nitrogen and oxygen atoms in total. The highest BCUT2D eigenvalue weighted by Gasteiger charge is 2.27. The van der Waals surface area contributed by atoms with Gasteiger partial charge in [-0.05, 0) is 31.9 Å². The van der Waals surface area contributed by atoms with Crippen LogP contribution in [0.25, 0.3) is 0 Å². The predicted molar refractivity (Wildman–Crippen MR) is 74.9 cm³/mol. The van der Waals surface area contributed by atoms with E-state index in [0.29, 0.717) is 5.25 Å². The fraction of sp³-hybridized carbons (Fsp3) is 0.750. The molecule has 0 spiro atoms. The van der Waals surface area contributed by atoms with Crippen LogP contribution in [0.4, 0.5) is 4.79 Å². The monoisotopic (exact) mass is 304 g/mol. The summed E-state index contributed by atoms with van der Waals surface area (Å²) in [4.78, 5) is 33.1. The van der Waals surface area contributed by atoms with Gasteiger partial charge in [0.2, 0.25) is 0 Å². The van der Waals surface area contributed by atoms with Gasteiger partial charge in [-0.1, -0.05) is 0 Å². The molecule has 1 aliphatic rings. The molecule has 2 unspecified atom stereocenters. The van der Waals surface area contributed by atoms with Crippen LogP contribution in [0.15, 0.2) is 0 Å². The zero-order valence-electron chi connectivity index (χ0n) is 11.3. The summed E-state index contributed by atoms with van der Waals surface area (Å²) < 4.78 is 0. The molecule has 0 aromatic rings. The van der Waals surface area contributed by atoms with Crippen molar-refractivity contribution in [3.05, 3.63) is 0 Å². The minimum absolute atomic E-state index is 0.0568. The Balaban J connectivity index is 2.38. The molecule has 1 aliphatic carbocycles. The Hall–Kier alpha value is -1.44. The maximum absolute atomic E-state index is 11.7. The number of amides is 2. The standard InChI is InChI=1S/C12H20N2O5S/c1-20-8-3-2-7(6-8)13-12(19)14-9(11(17)18)4-5-10(15)16/h7-9H,2-6H2,1H3,(H,15,16)(H,17,18)(H2,13,14,19)/t7?,8?,9-/m0/s1. The molecule has 2 amide bonds. The van der Waals surface area contributed by atoms with Crippen LogP contribution < -0.4 is 10.6 Å². The number of hydrogen-bond acceptors (Lipinski definition) is 4. The molecule has 114 valence electrons. The van der Waals surface area contributed by atoms with E-state index in [2.05, 4.69) is 10.6 Å². The lowest BCUT2D eigenvalue weighted by molar-refractivity contribution is -0.140. The van der Waals surface area contributed by atoms with Crippen molar-refractivity contribution in [2.75, 3.05) is 6.26 Å².